The summed E-state index contributed by atoms with van der Waals surface area (Å²) in [5.41, 5.74) is 8.77. The fraction of sp³-hybridized carbons (Fsp3) is 0.538. The number of rotatable bonds is 5. The number of methoxy groups -OCH3 is 1. The van der Waals surface area contributed by atoms with Crippen LogP contribution in [0.2, 0.25) is 0 Å². The van der Waals surface area contributed by atoms with E-state index in [0.717, 1.165) is 36.9 Å². The minimum atomic E-state index is 0.252. The molecule has 0 fully saturated rings. The molecule has 0 spiro atoms. The van der Waals surface area contributed by atoms with Crippen LogP contribution in [0.4, 0.5) is 0 Å². The molecule has 0 heterocycles. The van der Waals surface area contributed by atoms with Crippen molar-refractivity contribution in [1.82, 2.24) is 0 Å². The van der Waals surface area contributed by atoms with Crippen LogP contribution in [-0.2, 0) is 6.42 Å². The van der Waals surface area contributed by atoms with Gasteiger partial charge in [0.1, 0.15) is 0 Å². The Balaban J connectivity index is 2.95. The largest absolute Gasteiger partial charge is 0.504 e. The molecule has 0 aliphatic heterocycles. The van der Waals surface area contributed by atoms with Crippen LogP contribution in [0.15, 0.2) is 6.07 Å². The van der Waals surface area contributed by atoms with Crippen molar-refractivity contribution in [2.75, 3.05) is 13.7 Å². The first-order valence-corrected chi connectivity index (χ1v) is 5.68. The first kappa shape index (κ1) is 12.8. The van der Waals surface area contributed by atoms with Crippen molar-refractivity contribution in [2.45, 2.75) is 33.1 Å². The van der Waals surface area contributed by atoms with Gasteiger partial charge in [0, 0.05) is 0 Å². The Labute approximate surface area is 97.2 Å². The van der Waals surface area contributed by atoms with Crippen molar-refractivity contribution in [2.24, 2.45) is 5.73 Å². The number of aromatic hydroxyl groups is 1. The van der Waals surface area contributed by atoms with Gasteiger partial charge in [-0.15, -0.1) is 0 Å². The normalized spacial score (nSPS) is 10.5. The van der Waals surface area contributed by atoms with Crippen molar-refractivity contribution < 1.29 is 9.84 Å². The van der Waals surface area contributed by atoms with Crippen molar-refractivity contribution in [3.8, 4) is 11.5 Å². The predicted octanol–water partition coefficient (Wildman–Crippen LogP) is 2.30. The van der Waals surface area contributed by atoms with E-state index < -0.39 is 0 Å². The maximum absolute atomic E-state index is 9.83. The molecular formula is C13H21NO2. The van der Waals surface area contributed by atoms with Crippen molar-refractivity contribution in [1.29, 1.82) is 0 Å². The minimum absolute atomic E-state index is 0.252. The Morgan fingerprint density at radius 3 is 2.50 bits per heavy atom. The van der Waals surface area contributed by atoms with Crippen molar-refractivity contribution >= 4 is 0 Å². The minimum Gasteiger partial charge on any atom is -0.504 e. The van der Waals surface area contributed by atoms with Crippen molar-refractivity contribution in [3.63, 3.8) is 0 Å². The van der Waals surface area contributed by atoms with Gasteiger partial charge in [0.2, 0.25) is 0 Å². The molecule has 0 unspecified atom stereocenters. The molecule has 16 heavy (non-hydrogen) atoms. The Morgan fingerprint density at radius 1 is 1.25 bits per heavy atom. The lowest BCUT2D eigenvalue weighted by atomic mass is 9.97. The van der Waals surface area contributed by atoms with E-state index in [1.165, 1.54) is 5.56 Å². The Morgan fingerprint density at radius 2 is 1.94 bits per heavy atom. The lowest BCUT2D eigenvalue weighted by Crippen LogP contribution is -2.01. The van der Waals surface area contributed by atoms with E-state index in [4.69, 9.17) is 10.5 Å². The molecular weight excluding hydrogens is 202 g/mol. The molecule has 1 aromatic carbocycles. The quantitative estimate of drug-likeness (QED) is 0.753. The predicted molar refractivity (Wildman–Crippen MR) is 66.1 cm³/mol. The standard InChI is InChI=1S/C13H21NO2/c1-9-10(2)13(15)12(16-3)8-11(9)6-4-5-7-14/h8,15H,4-7,14H2,1-3H3. The number of hydrogen-bond acceptors (Lipinski definition) is 3. The van der Waals surface area contributed by atoms with Crippen molar-refractivity contribution in [3.05, 3.63) is 22.8 Å². The van der Waals surface area contributed by atoms with Crippen LogP contribution in [-0.4, -0.2) is 18.8 Å². The van der Waals surface area contributed by atoms with Crippen LogP contribution in [0.5, 0.6) is 11.5 Å². The van der Waals surface area contributed by atoms with Crippen LogP contribution in [0.1, 0.15) is 29.5 Å². The maximum atomic E-state index is 9.83. The van der Waals surface area contributed by atoms with E-state index in [9.17, 15) is 5.11 Å². The van der Waals surface area contributed by atoms with Gasteiger partial charge >= 0.3 is 0 Å². The summed E-state index contributed by atoms with van der Waals surface area (Å²) in [5, 5.41) is 9.83. The first-order chi connectivity index (χ1) is 7.61. The summed E-state index contributed by atoms with van der Waals surface area (Å²) in [6.07, 6.45) is 3.09. The zero-order valence-electron chi connectivity index (χ0n) is 10.3. The molecule has 90 valence electrons. The molecule has 3 N–H and O–H groups in total. The fourth-order valence-electron chi connectivity index (χ4n) is 1.81. The number of phenolic OH excluding ortho intramolecular Hbond substituents is 1. The topological polar surface area (TPSA) is 55.5 Å². The summed E-state index contributed by atoms with van der Waals surface area (Å²) in [4.78, 5) is 0. The average molecular weight is 223 g/mol. The highest BCUT2D eigenvalue weighted by atomic mass is 16.5. The van der Waals surface area contributed by atoms with Crippen LogP contribution in [0.25, 0.3) is 0 Å². The lowest BCUT2D eigenvalue weighted by Gasteiger charge is -2.13. The second-order valence-electron chi connectivity index (χ2n) is 4.08. The zero-order valence-corrected chi connectivity index (χ0v) is 10.3. The third-order valence-electron chi connectivity index (χ3n) is 3.06. The average Bonchev–Trinajstić information content (AvgIpc) is 2.29. The Hall–Kier alpha value is -1.22. The number of benzene rings is 1. The monoisotopic (exact) mass is 223 g/mol. The lowest BCUT2D eigenvalue weighted by molar-refractivity contribution is 0.370. The van der Waals surface area contributed by atoms with Crippen LogP contribution >= 0.6 is 0 Å². The molecule has 0 radical (unpaired) electrons. The van der Waals surface area contributed by atoms with Gasteiger partial charge in [0.05, 0.1) is 7.11 Å². The third kappa shape index (κ3) is 2.67. The zero-order chi connectivity index (χ0) is 12.1. The Kier molecular flexibility index (Phi) is 4.62. The van der Waals surface area contributed by atoms with Gasteiger partial charge in [-0.2, -0.15) is 0 Å². The highest BCUT2D eigenvalue weighted by molar-refractivity contribution is 5.52. The smallest absolute Gasteiger partial charge is 0.161 e. The molecule has 1 rings (SSSR count). The molecule has 0 aliphatic rings. The van der Waals surface area contributed by atoms with E-state index in [-0.39, 0.29) is 5.75 Å². The maximum Gasteiger partial charge on any atom is 0.161 e. The molecule has 0 aromatic heterocycles. The number of unbranched alkanes of at least 4 members (excludes halogenated alkanes) is 1. The van der Waals surface area contributed by atoms with Gasteiger partial charge < -0.3 is 15.6 Å². The molecule has 0 amide bonds. The SMILES string of the molecule is COc1cc(CCCCN)c(C)c(C)c1O. The summed E-state index contributed by atoms with van der Waals surface area (Å²) in [6, 6.07) is 1.92. The molecule has 0 saturated carbocycles. The van der Waals surface area contributed by atoms with E-state index in [1.807, 2.05) is 19.9 Å². The van der Waals surface area contributed by atoms with Gasteiger partial charge in [-0.3, -0.25) is 0 Å². The van der Waals surface area contributed by atoms with Gasteiger partial charge in [0.25, 0.3) is 0 Å². The highest BCUT2D eigenvalue weighted by Gasteiger charge is 2.11. The van der Waals surface area contributed by atoms with E-state index in [0.29, 0.717) is 5.75 Å². The summed E-state index contributed by atoms with van der Waals surface area (Å²) in [5.74, 6) is 0.813. The number of nitrogens with two attached hydrogens (primary N) is 1. The first-order valence-electron chi connectivity index (χ1n) is 5.68. The molecule has 1 aromatic rings. The van der Waals surface area contributed by atoms with Gasteiger partial charge in [-0.25, -0.2) is 0 Å². The number of hydrogen-bond donors (Lipinski definition) is 2. The second-order valence-corrected chi connectivity index (χ2v) is 4.08. The van der Waals surface area contributed by atoms with E-state index in [1.54, 1.807) is 7.11 Å². The summed E-state index contributed by atoms with van der Waals surface area (Å²) < 4.78 is 5.15. The van der Waals surface area contributed by atoms with Crippen LogP contribution in [0.3, 0.4) is 0 Å². The molecule has 0 atom stereocenters. The van der Waals surface area contributed by atoms with E-state index in [2.05, 4.69) is 0 Å². The molecule has 0 bridgehead atoms. The summed E-state index contributed by atoms with van der Waals surface area (Å²) >= 11 is 0. The Bertz CT molecular complexity index is 361. The fourth-order valence-corrected chi connectivity index (χ4v) is 1.81. The van der Waals surface area contributed by atoms with Gasteiger partial charge in [-0.05, 0) is 62.4 Å². The number of aryl methyl sites for hydroxylation is 1. The van der Waals surface area contributed by atoms with Gasteiger partial charge in [-0.1, -0.05) is 0 Å². The molecule has 3 heteroatoms. The number of phenols is 1. The summed E-state index contributed by atoms with van der Waals surface area (Å²) in [7, 11) is 1.58. The third-order valence-corrected chi connectivity index (χ3v) is 3.06. The molecule has 3 nitrogen and oxygen atoms in total. The van der Waals surface area contributed by atoms with Crippen LogP contribution in [0, 0.1) is 13.8 Å². The van der Waals surface area contributed by atoms with Gasteiger partial charge in [0.15, 0.2) is 11.5 Å². The second kappa shape index (κ2) is 5.75. The highest BCUT2D eigenvalue weighted by Crippen LogP contribution is 2.34. The molecule has 0 aliphatic carbocycles. The summed E-state index contributed by atoms with van der Waals surface area (Å²) in [6.45, 7) is 4.68. The van der Waals surface area contributed by atoms with Crippen LogP contribution < -0.4 is 10.5 Å². The molecule has 0 saturated heterocycles. The van der Waals surface area contributed by atoms with E-state index >= 15 is 0 Å². The number of ether oxygens (including phenoxy) is 1.